The summed E-state index contributed by atoms with van der Waals surface area (Å²) >= 11 is 0. The summed E-state index contributed by atoms with van der Waals surface area (Å²) in [4.78, 5) is 15.8. The fourth-order valence-corrected chi connectivity index (χ4v) is 1.95. The second kappa shape index (κ2) is 5.00. The predicted molar refractivity (Wildman–Crippen MR) is 70.0 cm³/mol. The summed E-state index contributed by atoms with van der Waals surface area (Å²) in [6.07, 6.45) is 1.77. The molecule has 4 heteroatoms. The summed E-state index contributed by atoms with van der Waals surface area (Å²) in [5, 5.41) is 1.10. The molecule has 1 aromatic carbocycles. The van der Waals surface area contributed by atoms with Gasteiger partial charge in [0.15, 0.2) is 7.28 Å². The summed E-state index contributed by atoms with van der Waals surface area (Å²) in [5.41, 5.74) is 2.05. The van der Waals surface area contributed by atoms with E-state index in [0.717, 1.165) is 16.4 Å². The van der Waals surface area contributed by atoms with Crippen molar-refractivity contribution < 1.29 is 9.53 Å². The molecule has 1 atom stereocenters. The Kier molecular flexibility index (Phi) is 3.42. The van der Waals surface area contributed by atoms with Crippen LogP contribution in [0.3, 0.4) is 0 Å². The molecule has 0 N–H and O–H groups in total. The molecule has 1 aromatic heterocycles. The molecule has 3 nitrogen and oxygen atoms in total. The highest BCUT2D eigenvalue weighted by Gasteiger charge is 2.17. The number of hydrogen-bond acceptors (Lipinski definition) is 3. The summed E-state index contributed by atoms with van der Waals surface area (Å²) in [7, 11) is 2.07. The maximum Gasteiger partial charge on any atom is 0.301 e. The SMILES string of the molecule is COC(=O)C(C)Bc1cccc2cccnc12. The zero-order valence-electron chi connectivity index (χ0n) is 10.0. The minimum absolute atomic E-state index is 0.146. The van der Waals surface area contributed by atoms with Crippen LogP contribution in [0.15, 0.2) is 36.5 Å². The summed E-state index contributed by atoms with van der Waals surface area (Å²) in [5.74, 6) is -0.328. The van der Waals surface area contributed by atoms with Gasteiger partial charge in [-0.25, -0.2) is 0 Å². The predicted octanol–water partition coefficient (Wildman–Crippen LogP) is 1.28. The molecule has 0 aliphatic rings. The molecule has 17 heavy (non-hydrogen) atoms. The number of para-hydroxylation sites is 1. The molecule has 0 amide bonds. The van der Waals surface area contributed by atoms with E-state index in [9.17, 15) is 4.79 Å². The van der Waals surface area contributed by atoms with E-state index < -0.39 is 0 Å². The van der Waals surface area contributed by atoms with Gasteiger partial charge in [-0.05, 0) is 11.5 Å². The molecule has 2 aromatic rings. The van der Waals surface area contributed by atoms with Crippen LogP contribution in [0.1, 0.15) is 6.92 Å². The Hall–Kier alpha value is -1.84. The Bertz CT molecular complexity index is 536. The Balaban J connectivity index is 2.33. The maximum absolute atomic E-state index is 11.4. The second-order valence-corrected chi connectivity index (χ2v) is 4.12. The molecular weight excluding hydrogens is 213 g/mol. The monoisotopic (exact) mass is 227 g/mol. The average Bonchev–Trinajstić information content (AvgIpc) is 2.38. The molecule has 2 rings (SSSR count). The largest absolute Gasteiger partial charge is 0.469 e. The third-order valence-electron chi connectivity index (χ3n) is 2.85. The molecule has 0 aliphatic heterocycles. The van der Waals surface area contributed by atoms with Gasteiger partial charge in [-0.1, -0.05) is 36.7 Å². The Labute approximate surface area is 101 Å². The molecule has 1 heterocycles. The highest BCUT2D eigenvalue weighted by molar-refractivity contribution is 6.61. The summed E-state index contributed by atoms with van der Waals surface area (Å²) < 4.78 is 4.74. The van der Waals surface area contributed by atoms with Crippen LogP contribution in [0.5, 0.6) is 0 Å². The van der Waals surface area contributed by atoms with Crippen molar-refractivity contribution in [2.45, 2.75) is 12.7 Å². The van der Waals surface area contributed by atoms with Crippen LogP contribution in [-0.2, 0) is 9.53 Å². The lowest BCUT2D eigenvalue weighted by atomic mass is 9.59. The van der Waals surface area contributed by atoms with Gasteiger partial charge in [-0.15, -0.1) is 0 Å². The van der Waals surface area contributed by atoms with E-state index in [4.69, 9.17) is 4.74 Å². The lowest BCUT2D eigenvalue weighted by Crippen LogP contribution is -2.25. The van der Waals surface area contributed by atoms with Gasteiger partial charge in [0.1, 0.15) is 0 Å². The summed E-state index contributed by atoms with van der Waals surface area (Å²) in [6.45, 7) is 1.87. The molecule has 1 unspecified atom stereocenters. The molecule has 0 bridgehead atoms. The lowest BCUT2D eigenvalue weighted by molar-refractivity contribution is -0.140. The van der Waals surface area contributed by atoms with Crippen LogP contribution in [0, 0.1) is 0 Å². The first-order chi connectivity index (χ1) is 8.22. The number of nitrogens with zero attached hydrogens (tertiary/aromatic N) is 1. The van der Waals surface area contributed by atoms with E-state index >= 15 is 0 Å². The fourth-order valence-electron chi connectivity index (χ4n) is 1.95. The van der Waals surface area contributed by atoms with Gasteiger partial charge >= 0.3 is 5.97 Å². The van der Waals surface area contributed by atoms with Gasteiger partial charge in [0.25, 0.3) is 0 Å². The van der Waals surface area contributed by atoms with Crippen molar-refractivity contribution >= 4 is 29.6 Å². The topological polar surface area (TPSA) is 39.2 Å². The standard InChI is InChI=1S/C13H14BNO2/c1-9(13(16)17-2)14-11-7-3-5-10-6-4-8-15-12(10)11/h3-9,14H,1-2H3. The van der Waals surface area contributed by atoms with Crippen LogP contribution in [0.2, 0.25) is 5.82 Å². The van der Waals surface area contributed by atoms with Gasteiger partial charge in [-0.3, -0.25) is 9.78 Å². The van der Waals surface area contributed by atoms with Crippen molar-refractivity contribution in [1.29, 1.82) is 0 Å². The molecule has 0 saturated heterocycles. The van der Waals surface area contributed by atoms with Crippen molar-refractivity contribution in [3.05, 3.63) is 36.5 Å². The van der Waals surface area contributed by atoms with E-state index in [1.54, 1.807) is 6.20 Å². The number of carbonyl (C=O) groups excluding carboxylic acids is 1. The molecule has 0 saturated carbocycles. The van der Waals surface area contributed by atoms with Gasteiger partial charge in [-0.2, -0.15) is 0 Å². The van der Waals surface area contributed by atoms with Crippen molar-refractivity contribution in [1.82, 2.24) is 4.98 Å². The third kappa shape index (κ3) is 2.46. The first-order valence-corrected chi connectivity index (χ1v) is 5.63. The number of esters is 1. The number of hydrogen-bond donors (Lipinski definition) is 0. The van der Waals surface area contributed by atoms with Crippen molar-refractivity contribution in [3.63, 3.8) is 0 Å². The zero-order valence-corrected chi connectivity index (χ0v) is 10.0. The van der Waals surface area contributed by atoms with Crippen LogP contribution < -0.4 is 5.46 Å². The maximum atomic E-state index is 11.4. The zero-order chi connectivity index (χ0) is 12.3. The minimum atomic E-state index is -0.182. The number of benzene rings is 1. The van der Waals surface area contributed by atoms with Crippen molar-refractivity contribution in [3.8, 4) is 0 Å². The molecule has 0 aliphatic carbocycles. The average molecular weight is 227 g/mol. The Morgan fingerprint density at radius 3 is 2.88 bits per heavy atom. The number of pyridine rings is 1. The third-order valence-corrected chi connectivity index (χ3v) is 2.85. The fraction of sp³-hybridized carbons (Fsp3) is 0.231. The van der Waals surface area contributed by atoms with E-state index in [2.05, 4.69) is 4.98 Å². The quantitative estimate of drug-likeness (QED) is 0.585. The lowest BCUT2D eigenvalue weighted by Gasteiger charge is -2.09. The van der Waals surface area contributed by atoms with E-state index in [0.29, 0.717) is 7.28 Å². The Morgan fingerprint density at radius 1 is 1.35 bits per heavy atom. The van der Waals surface area contributed by atoms with E-state index in [-0.39, 0.29) is 11.8 Å². The minimum Gasteiger partial charge on any atom is -0.469 e. The first-order valence-electron chi connectivity index (χ1n) is 5.63. The van der Waals surface area contributed by atoms with Crippen molar-refractivity contribution in [2.75, 3.05) is 7.11 Å². The number of methoxy groups -OCH3 is 1. The van der Waals surface area contributed by atoms with Gasteiger partial charge in [0, 0.05) is 12.0 Å². The van der Waals surface area contributed by atoms with Gasteiger partial charge in [0.2, 0.25) is 0 Å². The van der Waals surface area contributed by atoms with Crippen LogP contribution in [0.4, 0.5) is 0 Å². The smallest absolute Gasteiger partial charge is 0.301 e. The molecule has 0 radical (unpaired) electrons. The first kappa shape index (κ1) is 11.6. The number of carbonyl (C=O) groups is 1. The molecular formula is C13H14BNO2. The number of ether oxygens (including phenoxy) is 1. The molecule has 0 fully saturated rings. The second-order valence-electron chi connectivity index (χ2n) is 4.12. The highest BCUT2D eigenvalue weighted by Crippen LogP contribution is 2.10. The molecule has 86 valence electrons. The normalized spacial score (nSPS) is 12.1. The highest BCUT2D eigenvalue weighted by atomic mass is 16.5. The van der Waals surface area contributed by atoms with E-state index in [1.165, 1.54) is 7.11 Å². The van der Waals surface area contributed by atoms with Crippen LogP contribution >= 0.6 is 0 Å². The number of rotatable bonds is 3. The Morgan fingerprint density at radius 2 is 2.12 bits per heavy atom. The molecule has 0 spiro atoms. The van der Waals surface area contributed by atoms with Crippen molar-refractivity contribution in [2.24, 2.45) is 0 Å². The summed E-state index contributed by atoms with van der Waals surface area (Å²) in [6, 6.07) is 9.96. The van der Waals surface area contributed by atoms with Gasteiger partial charge in [0.05, 0.1) is 12.6 Å². The number of aromatic nitrogens is 1. The van der Waals surface area contributed by atoms with Crippen LogP contribution in [0.25, 0.3) is 10.9 Å². The van der Waals surface area contributed by atoms with Crippen LogP contribution in [-0.4, -0.2) is 25.3 Å². The van der Waals surface area contributed by atoms with Gasteiger partial charge < -0.3 is 4.74 Å². The van der Waals surface area contributed by atoms with E-state index in [1.807, 2.05) is 37.3 Å². The number of fused-ring (bicyclic) bond motifs is 1.